The van der Waals surface area contributed by atoms with Crippen LogP contribution in [0.2, 0.25) is 5.02 Å². The number of carbonyl (C=O) groups excluding carboxylic acids is 1. The van der Waals surface area contributed by atoms with E-state index in [0.29, 0.717) is 18.0 Å². The Hall–Kier alpha value is -3.10. The van der Waals surface area contributed by atoms with Crippen molar-refractivity contribution in [1.82, 2.24) is 0 Å². The van der Waals surface area contributed by atoms with Crippen LogP contribution in [0.5, 0.6) is 5.75 Å². The lowest BCUT2D eigenvalue weighted by Gasteiger charge is -2.13. The molecule has 0 aliphatic rings. The van der Waals surface area contributed by atoms with Crippen molar-refractivity contribution in [2.75, 3.05) is 16.6 Å². The molecule has 0 spiro atoms. The van der Waals surface area contributed by atoms with Crippen LogP contribution in [0.4, 0.5) is 15.8 Å². The molecule has 2 N–H and O–H groups in total. The Morgan fingerprint density at radius 2 is 1.74 bits per heavy atom. The van der Waals surface area contributed by atoms with Gasteiger partial charge in [0.05, 0.1) is 27.9 Å². The highest BCUT2D eigenvalue weighted by atomic mass is 35.5. The van der Waals surface area contributed by atoms with Gasteiger partial charge in [-0.2, -0.15) is 0 Å². The summed E-state index contributed by atoms with van der Waals surface area (Å²) in [5.41, 5.74) is 0.699. The molecule has 0 radical (unpaired) electrons. The molecular formula is C22H20ClFN2O4S. The summed E-state index contributed by atoms with van der Waals surface area (Å²) in [6.07, 6.45) is 0.816. The van der Waals surface area contributed by atoms with Gasteiger partial charge >= 0.3 is 0 Å². The number of nitrogens with one attached hydrogen (secondary N) is 2. The van der Waals surface area contributed by atoms with Crippen molar-refractivity contribution in [3.05, 3.63) is 83.1 Å². The second kappa shape index (κ2) is 9.80. The lowest BCUT2D eigenvalue weighted by atomic mass is 10.2. The Kier molecular flexibility index (Phi) is 7.14. The average molecular weight is 463 g/mol. The Labute approximate surface area is 185 Å². The molecule has 0 heterocycles. The quantitative estimate of drug-likeness (QED) is 0.474. The fourth-order valence-corrected chi connectivity index (χ4v) is 3.96. The number of hydrogen-bond donors (Lipinski definition) is 2. The van der Waals surface area contributed by atoms with Crippen molar-refractivity contribution < 1.29 is 22.3 Å². The molecule has 0 aromatic heterocycles. The predicted octanol–water partition coefficient (Wildman–Crippen LogP) is 5.32. The second-order valence-electron chi connectivity index (χ2n) is 6.55. The van der Waals surface area contributed by atoms with E-state index in [9.17, 15) is 17.6 Å². The molecule has 0 fully saturated rings. The normalized spacial score (nSPS) is 11.1. The Morgan fingerprint density at radius 1 is 1.03 bits per heavy atom. The zero-order valence-corrected chi connectivity index (χ0v) is 18.1. The van der Waals surface area contributed by atoms with E-state index in [2.05, 4.69) is 10.0 Å². The number of amides is 1. The first-order valence-corrected chi connectivity index (χ1v) is 11.3. The summed E-state index contributed by atoms with van der Waals surface area (Å²) < 4.78 is 46.2. The van der Waals surface area contributed by atoms with Crippen LogP contribution in [0, 0.1) is 5.82 Å². The molecule has 6 nitrogen and oxygen atoms in total. The van der Waals surface area contributed by atoms with Crippen LogP contribution in [-0.4, -0.2) is 20.9 Å². The third kappa shape index (κ3) is 5.74. The Morgan fingerprint density at radius 3 is 2.45 bits per heavy atom. The van der Waals surface area contributed by atoms with Gasteiger partial charge in [-0.15, -0.1) is 0 Å². The number of anilines is 2. The largest absolute Gasteiger partial charge is 0.491 e. The molecule has 3 aromatic rings. The van der Waals surface area contributed by atoms with Crippen LogP contribution in [0.15, 0.2) is 71.6 Å². The van der Waals surface area contributed by atoms with Gasteiger partial charge in [-0.3, -0.25) is 9.52 Å². The average Bonchev–Trinajstić information content (AvgIpc) is 2.74. The van der Waals surface area contributed by atoms with Crippen molar-refractivity contribution in [1.29, 1.82) is 0 Å². The highest BCUT2D eigenvalue weighted by Crippen LogP contribution is 2.28. The fraction of sp³-hybridized carbons (Fsp3) is 0.136. The minimum absolute atomic E-state index is 0.0224. The zero-order chi connectivity index (χ0) is 22.4. The van der Waals surface area contributed by atoms with E-state index in [1.807, 2.05) is 6.92 Å². The van der Waals surface area contributed by atoms with E-state index in [-0.39, 0.29) is 21.2 Å². The molecule has 0 unspecified atom stereocenters. The number of benzene rings is 3. The molecule has 0 aliphatic heterocycles. The van der Waals surface area contributed by atoms with Gasteiger partial charge in [0.25, 0.3) is 15.9 Å². The maximum Gasteiger partial charge on any atom is 0.261 e. The highest BCUT2D eigenvalue weighted by molar-refractivity contribution is 7.92. The van der Waals surface area contributed by atoms with Crippen molar-refractivity contribution in [3.8, 4) is 5.75 Å². The van der Waals surface area contributed by atoms with Gasteiger partial charge in [-0.1, -0.05) is 30.7 Å². The first-order valence-electron chi connectivity index (χ1n) is 9.41. The van der Waals surface area contributed by atoms with Crippen molar-refractivity contribution in [2.45, 2.75) is 18.2 Å². The van der Waals surface area contributed by atoms with Gasteiger partial charge in [-0.05, 0) is 61.0 Å². The summed E-state index contributed by atoms with van der Waals surface area (Å²) in [6.45, 7) is 2.48. The van der Waals surface area contributed by atoms with Gasteiger partial charge in [0.2, 0.25) is 0 Å². The summed E-state index contributed by atoms with van der Waals surface area (Å²) in [5.74, 6) is -0.491. The Bertz CT molecular complexity index is 1180. The van der Waals surface area contributed by atoms with Crippen LogP contribution < -0.4 is 14.8 Å². The zero-order valence-electron chi connectivity index (χ0n) is 16.6. The molecule has 3 rings (SSSR count). The van der Waals surface area contributed by atoms with E-state index >= 15 is 0 Å². The molecule has 0 atom stereocenters. The monoisotopic (exact) mass is 462 g/mol. The number of ether oxygens (including phenoxy) is 1. The molecule has 31 heavy (non-hydrogen) atoms. The maximum atomic E-state index is 13.1. The first-order chi connectivity index (χ1) is 14.8. The third-order valence-electron chi connectivity index (χ3n) is 4.19. The summed E-state index contributed by atoms with van der Waals surface area (Å²) in [4.78, 5) is 12.6. The van der Waals surface area contributed by atoms with E-state index in [4.69, 9.17) is 16.3 Å². The van der Waals surface area contributed by atoms with Gasteiger partial charge in [0.1, 0.15) is 11.6 Å². The van der Waals surface area contributed by atoms with Crippen molar-refractivity contribution in [2.24, 2.45) is 0 Å². The minimum atomic E-state index is -4.02. The summed E-state index contributed by atoms with van der Waals surface area (Å²) in [6, 6.07) is 15.6. The number of rotatable bonds is 8. The van der Waals surface area contributed by atoms with Crippen LogP contribution in [0.25, 0.3) is 0 Å². The molecule has 162 valence electrons. The van der Waals surface area contributed by atoms with E-state index in [1.165, 1.54) is 18.2 Å². The topological polar surface area (TPSA) is 84.5 Å². The van der Waals surface area contributed by atoms with Crippen LogP contribution in [-0.2, 0) is 10.0 Å². The summed E-state index contributed by atoms with van der Waals surface area (Å²) in [5, 5.41) is 2.86. The van der Waals surface area contributed by atoms with Crippen molar-refractivity contribution in [3.63, 3.8) is 0 Å². The third-order valence-corrected chi connectivity index (χ3v) is 5.90. The van der Waals surface area contributed by atoms with Gasteiger partial charge in [0, 0.05) is 5.56 Å². The number of sulfonamides is 1. The van der Waals surface area contributed by atoms with Crippen LogP contribution in [0.1, 0.15) is 23.7 Å². The van der Waals surface area contributed by atoms with E-state index in [0.717, 1.165) is 30.7 Å². The molecule has 0 bridgehead atoms. The molecule has 0 aliphatic carbocycles. The van der Waals surface area contributed by atoms with E-state index in [1.54, 1.807) is 24.3 Å². The molecule has 0 saturated heterocycles. The van der Waals surface area contributed by atoms with E-state index < -0.39 is 21.7 Å². The fourth-order valence-electron chi connectivity index (χ4n) is 2.66. The molecule has 1 amide bonds. The molecular weight excluding hydrogens is 443 g/mol. The van der Waals surface area contributed by atoms with Gasteiger partial charge in [-0.25, -0.2) is 12.8 Å². The predicted molar refractivity (Wildman–Crippen MR) is 119 cm³/mol. The number of halogens is 2. The molecule has 0 saturated carbocycles. The number of carbonyl (C=O) groups is 1. The van der Waals surface area contributed by atoms with Gasteiger partial charge < -0.3 is 10.1 Å². The van der Waals surface area contributed by atoms with Gasteiger partial charge in [0.15, 0.2) is 0 Å². The van der Waals surface area contributed by atoms with Crippen molar-refractivity contribution >= 4 is 38.9 Å². The molecule has 9 heteroatoms. The SMILES string of the molecule is CCCOc1ccccc1NC(=O)c1ccc(Cl)c(NS(=O)(=O)c2ccc(F)cc2)c1. The minimum Gasteiger partial charge on any atom is -0.491 e. The lowest BCUT2D eigenvalue weighted by molar-refractivity contribution is 0.102. The summed E-state index contributed by atoms with van der Waals surface area (Å²) >= 11 is 6.12. The first kappa shape index (κ1) is 22.6. The maximum absolute atomic E-state index is 13.1. The second-order valence-corrected chi connectivity index (χ2v) is 8.64. The Balaban J connectivity index is 1.82. The summed E-state index contributed by atoms with van der Waals surface area (Å²) in [7, 11) is -4.02. The standard InChI is InChI=1S/C22H20ClFN2O4S/c1-2-13-30-21-6-4-3-5-19(21)25-22(27)15-7-12-18(23)20(14-15)26-31(28,29)17-10-8-16(24)9-11-17/h3-12,14,26H,2,13H2,1H3,(H,25,27). The smallest absolute Gasteiger partial charge is 0.261 e. The molecule has 3 aromatic carbocycles. The highest BCUT2D eigenvalue weighted by Gasteiger charge is 2.18. The van der Waals surface area contributed by atoms with Crippen LogP contribution in [0.3, 0.4) is 0 Å². The lowest BCUT2D eigenvalue weighted by Crippen LogP contribution is -2.16. The van der Waals surface area contributed by atoms with Crippen LogP contribution >= 0.6 is 11.6 Å². The number of para-hydroxylation sites is 2. The number of hydrogen-bond acceptors (Lipinski definition) is 4.